The SMILES string of the molecule is CCCC1(C(=O)N(CC)CC(F)(F)F)CCNC1. The molecule has 1 amide bonds. The highest BCUT2D eigenvalue weighted by Gasteiger charge is 2.44. The third-order valence-corrected chi connectivity index (χ3v) is 3.47. The summed E-state index contributed by atoms with van der Waals surface area (Å²) in [6.07, 6.45) is -2.25. The van der Waals surface area contributed by atoms with Gasteiger partial charge in [0.25, 0.3) is 0 Å². The van der Waals surface area contributed by atoms with E-state index in [1.165, 1.54) is 0 Å². The maximum absolute atomic E-state index is 12.4. The lowest BCUT2D eigenvalue weighted by Crippen LogP contribution is -2.48. The van der Waals surface area contributed by atoms with Crippen molar-refractivity contribution in [3.63, 3.8) is 0 Å². The molecule has 1 heterocycles. The molecule has 0 saturated carbocycles. The number of nitrogens with zero attached hydrogens (tertiary/aromatic N) is 1. The van der Waals surface area contributed by atoms with E-state index in [4.69, 9.17) is 0 Å². The largest absolute Gasteiger partial charge is 0.406 e. The van der Waals surface area contributed by atoms with Gasteiger partial charge in [0.1, 0.15) is 6.54 Å². The average molecular weight is 266 g/mol. The number of hydrogen-bond acceptors (Lipinski definition) is 2. The quantitative estimate of drug-likeness (QED) is 0.827. The Hall–Kier alpha value is -0.780. The van der Waals surface area contributed by atoms with Crippen LogP contribution in [0.2, 0.25) is 0 Å². The first-order valence-corrected chi connectivity index (χ1v) is 6.41. The van der Waals surface area contributed by atoms with Gasteiger partial charge in [-0.05, 0) is 26.3 Å². The molecule has 6 heteroatoms. The standard InChI is InChI=1S/C12H21F3N2O/c1-3-5-11(6-7-16-8-11)10(18)17(4-2)9-12(13,14)15/h16H,3-9H2,1-2H3. The minimum Gasteiger partial charge on any atom is -0.333 e. The lowest BCUT2D eigenvalue weighted by Gasteiger charge is -2.33. The Kier molecular flexibility index (Phi) is 5.01. The smallest absolute Gasteiger partial charge is 0.333 e. The zero-order chi connectivity index (χ0) is 13.8. The van der Waals surface area contributed by atoms with Gasteiger partial charge in [-0.2, -0.15) is 13.2 Å². The number of carbonyl (C=O) groups excluding carboxylic acids is 1. The van der Waals surface area contributed by atoms with E-state index in [9.17, 15) is 18.0 Å². The fraction of sp³-hybridized carbons (Fsp3) is 0.917. The molecule has 0 bridgehead atoms. The third-order valence-electron chi connectivity index (χ3n) is 3.47. The molecule has 1 N–H and O–H groups in total. The lowest BCUT2D eigenvalue weighted by molar-refractivity contribution is -0.167. The molecule has 3 nitrogen and oxygen atoms in total. The number of amides is 1. The Bertz CT molecular complexity index is 286. The molecule has 1 saturated heterocycles. The van der Waals surface area contributed by atoms with E-state index >= 15 is 0 Å². The fourth-order valence-corrected chi connectivity index (χ4v) is 2.60. The highest BCUT2D eigenvalue weighted by molar-refractivity contribution is 5.83. The molecule has 0 aromatic carbocycles. The van der Waals surface area contributed by atoms with Crippen molar-refractivity contribution in [3.05, 3.63) is 0 Å². The van der Waals surface area contributed by atoms with Crippen molar-refractivity contribution < 1.29 is 18.0 Å². The maximum atomic E-state index is 12.4. The second-order valence-corrected chi connectivity index (χ2v) is 4.89. The fourth-order valence-electron chi connectivity index (χ4n) is 2.60. The molecule has 106 valence electrons. The zero-order valence-corrected chi connectivity index (χ0v) is 10.9. The van der Waals surface area contributed by atoms with Crippen LogP contribution in [0.5, 0.6) is 0 Å². The van der Waals surface area contributed by atoms with E-state index in [0.717, 1.165) is 11.3 Å². The van der Waals surface area contributed by atoms with Crippen LogP contribution in [-0.2, 0) is 4.79 Å². The van der Waals surface area contributed by atoms with Crippen LogP contribution in [0, 0.1) is 5.41 Å². The summed E-state index contributed by atoms with van der Waals surface area (Å²) in [6, 6.07) is 0. The average Bonchev–Trinajstić information content (AvgIpc) is 2.74. The van der Waals surface area contributed by atoms with Gasteiger partial charge in [0.05, 0.1) is 5.41 Å². The second kappa shape index (κ2) is 5.91. The minimum absolute atomic E-state index is 0.101. The van der Waals surface area contributed by atoms with E-state index < -0.39 is 18.1 Å². The first-order valence-electron chi connectivity index (χ1n) is 6.41. The first kappa shape index (κ1) is 15.3. The summed E-state index contributed by atoms with van der Waals surface area (Å²) in [5, 5.41) is 3.09. The molecule has 0 aromatic rings. The van der Waals surface area contributed by atoms with Crippen molar-refractivity contribution >= 4 is 5.91 Å². The molecule has 1 aliphatic heterocycles. The van der Waals surface area contributed by atoms with Crippen LogP contribution >= 0.6 is 0 Å². The number of rotatable bonds is 5. The van der Waals surface area contributed by atoms with E-state index in [1.807, 2.05) is 6.92 Å². The van der Waals surface area contributed by atoms with Crippen molar-refractivity contribution in [2.45, 2.75) is 39.3 Å². The van der Waals surface area contributed by atoms with Gasteiger partial charge in [-0.1, -0.05) is 13.3 Å². The summed E-state index contributed by atoms with van der Waals surface area (Å²) in [4.78, 5) is 13.3. The predicted molar refractivity (Wildman–Crippen MR) is 63.1 cm³/mol. The van der Waals surface area contributed by atoms with Gasteiger partial charge >= 0.3 is 6.18 Å². The van der Waals surface area contributed by atoms with E-state index in [1.54, 1.807) is 6.92 Å². The predicted octanol–water partition coefficient (Wildman–Crippen LogP) is 2.18. The number of halogens is 3. The Labute approximate surface area is 106 Å². The summed E-state index contributed by atoms with van der Waals surface area (Å²) in [5.41, 5.74) is -0.629. The third kappa shape index (κ3) is 3.60. The molecule has 1 aliphatic rings. The van der Waals surface area contributed by atoms with Gasteiger partial charge in [-0.15, -0.1) is 0 Å². The summed E-state index contributed by atoms with van der Waals surface area (Å²) in [7, 11) is 0. The number of hydrogen-bond donors (Lipinski definition) is 1. The monoisotopic (exact) mass is 266 g/mol. The van der Waals surface area contributed by atoms with Crippen LogP contribution < -0.4 is 5.32 Å². The Morgan fingerprint density at radius 3 is 2.44 bits per heavy atom. The highest BCUT2D eigenvalue weighted by atomic mass is 19.4. The van der Waals surface area contributed by atoms with Crippen molar-refractivity contribution in [2.75, 3.05) is 26.2 Å². The molecule has 0 radical (unpaired) electrons. The van der Waals surface area contributed by atoms with Gasteiger partial charge < -0.3 is 10.2 Å². The molecule has 0 aromatic heterocycles. The molecule has 18 heavy (non-hydrogen) atoms. The van der Waals surface area contributed by atoms with Crippen LogP contribution in [0.4, 0.5) is 13.2 Å². The molecule has 0 aliphatic carbocycles. The van der Waals surface area contributed by atoms with Crippen molar-refractivity contribution in [2.24, 2.45) is 5.41 Å². The van der Waals surface area contributed by atoms with Crippen LogP contribution in [0.3, 0.4) is 0 Å². The molecule has 0 spiro atoms. The Morgan fingerprint density at radius 1 is 1.39 bits per heavy atom. The molecular formula is C12H21F3N2O. The molecule has 1 fully saturated rings. The van der Waals surface area contributed by atoms with Crippen molar-refractivity contribution in [1.29, 1.82) is 0 Å². The topological polar surface area (TPSA) is 32.3 Å². The lowest BCUT2D eigenvalue weighted by atomic mass is 9.81. The van der Waals surface area contributed by atoms with Gasteiger partial charge in [0, 0.05) is 13.1 Å². The minimum atomic E-state index is -4.33. The summed E-state index contributed by atoms with van der Waals surface area (Å²) in [6.45, 7) is 3.69. The number of carbonyl (C=O) groups is 1. The molecular weight excluding hydrogens is 245 g/mol. The zero-order valence-electron chi connectivity index (χ0n) is 10.9. The number of alkyl halides is 3. The van der Waals surface area contributed by atoms with Crippen LogP contribution in [-0.4, -0.2) is 43.2 Å². The van der Waals surface area contributed by atoms with Crippen LogP contribution in [0.15, 0.2) is 0 Å². The Morgan fingerprint density at radius 2 is 2.06 bits per heavy atom. The highest BCUT2D eigenvalue weighted by Crippen LogP contribution is 2.34. The van der Waals surface area contributed by atoms with Crippen molar-refractivity contribution in [3.8, 4) is 0 Å². The first-order chi connectivity index (χ1) is 8.34. The van der Waals surface area contributed by atoms with Gasteiger partial charge in [-0.3, -0.25) is 4.79 Å². The second-order valence-electron chi connectivity index (χ2n) is 4.89. The molecule has 1 unspecified atom stereocenters. The number of nitrogens with one attached hydrogen (secondary N) is 1. The van der Waals surface area contributed by atoms with Gasteiger partial charge in [0.2, 0.25) is 5.91 Å². The van der Waals surface area contributed by atoms with E-state index in [-0.39, 0.29) is 12.5 Å². The van der Waals surface area contributed by atoms with Gasteiger partial charge in [0.15, 0.2) is 0 Å². The van der Waals surface area contributed by atoms with Crippen molar-refractivity contribution in [1.82, 2.24) is 10.2 Å². The molecule has 1 atom stereocenters. The van der Waals surface area contributed by atoms with E-state index in [2.05, 4.69) is 5.32 Å². The van der Waals surface area contributed by atoms with Crippen LogP contribution in [0.25, 0.3) is 0 Å². The maximum Gasteiger partial charge on any atom is 0.406 e. The molecule has 1 rings (SSSR count). The summed E-state index contributed by atoms with van der Waals surface area (Å²) < 4.78 is 37.3. The summed E-state index contributed by atoms with van der Waals surface area (Å²) >= 11 is 0. The summed E-state index contributed by atoms with van der Waals surface area (Å²) in [5.74, 6) is -0.353. The van der Waals surface area contributed by atoms with E-state index in [0.29, 0.717) is 25.9 Å². The van der Waals surface area contributed by atoms with Crippen LogP contribution in [0.1, 0.15) is 33.1 Å². The van der Waals surface area contributed by atoms with Gasteiger partial charge in [-0.25, -0.2) is 0 Å². The Balaban J connectivity index is 2.80. The normalized spacial score (nSPS) is 24.3.